The van der Waals surface area contributed by atoms with Crippen molar-refractivity contribution in [3.05, 3.63) is 29.3 Å². The van der Waals surface area contributed by atoms with Gasteiger partial charge >= 0.3 is 0 Å². The smallest absolute Gasteiger partial charge is 0.121 e. The van der Waals surface area contributed by atoms with Gasteiger partial charge in [-0.1, -0.05) is 28.1 Å². The van der Waals surface area contributed by atoms with E-state index in [2.05, 4.69) is 35.0 Å². The van der Waals surface area contributed by atoms with E-state index in [1.165, 1.54) is 17.5 Å². The molecule has 2 heteroatoms. The van der Waals surface area contributed by atoms with Crippen LogP contribution in [0, 0.1) is 6.92 Å². The van der Waals surface area contributed by atoms with Crippen molar-refractivity contribution in [2.24, 2.45) is 0 Å². The fourth-order valence-corrected chi connectivity index (χ4v) is 1.65. The summed E-state index contributed by atoms with van der Waals surface area (Å²) in [5.41, 5.74) is 2.60. The predicted octanol–water partition coefficient (Wildman–Crippen LogP) is 3.33. The lowest BCUT2D eigenvalue weighted by atomic mass is 10.1. The molecule has 0 unspecified atom stereocenters. The van der Waals surface area contributed by atoms with Crippen molar-refractivity contribution in [3.63, 3.8) is 0 Å². The second-order valence-corrected chi connectivity index (χ2v) is 3.89. The third kappa shape index (κ3) is 3.03. The molecule has 0 atom stereocenters. The molecule has 0 fully saturated rings. The van der Waals surface area contributed by atoms with E-state index in [-0.39, 0.29) is 0 Å². The molecule has 1 aromatic rings. The Morgan fingerprint density at radius 1 is 1.38 bits per heavy atom. The van der Waals surface area contributed by atoms with Crippen molar-refractivity contribution in [1.29, 1.82) is 0 Å². The molecule has 0 heterocycles. The summed E-state index contributed by atoms with van der Waals surface area (Å²) < 4.78 is 5.20. The number of alkyl halides is 1. The van der Waals surface area contributed by atoms with Crippen LogP contribution in [0.1, 0.15) is 17.5 Å². The molecule has 72 valence electrons. The van der Waals surface area contributed by atoms with Crippen LogP contribution in [-0.2, 0) is 6.42 Å². The van der Waals surface area contributed by atoms with E-state index < -0.39 is 0 Å². The lowest BCUT2D eigenvalue weighted by Crippen LogP contribution is -1.91. The molecule has 0 saturated carbocycles. The molecule has 1 rings (SSSR count). The van der Waals surface area contributed by atoms with Gasteiger partial charge in [0.15, 0.2) is 0 Å². The SMILES string of the molecule is COc1ccc(CCCBr)cc1C. The van der Waals surface area contributed by atoms with Gasteiger partial charge in [0.25, 0.3) is 0 Å². The fourth-order valence-electron chi connectivity index (χ4n) is 1.37. The van der Waals surface area contributed by atoms with Crippen LogP contribution in [0.4, 0.5) is 0 Å². The van der Waals surface area contributed by atoms with Crippen LogP contribution in [0.5, 0.6) is 5.75 Å². The second kappa shape index (κ2) is 5.28. The number of hydrogen-bond donors (Lipinski definition) is 0. The summed E-state index contributed by atoms with van der Waals surface area (Å²) in [7, 11) is 1.71. The Kier molecular flexibility index (Phi) is 4.29. The van der Waals surface area contributed by atoms with Gasteiger partial charge in [0.1, 0.15) is 5.75 Å². The fraction of sp³-hybridized carbons (Fsp3) is 0.455. The van der Waals surface area contributed by atoms with E-state index in [1.807, 2.05) is 6.07 Å². The van der Waals surface area contributed by atoms with E-state index in [9.17, 15) is 0 Å². The molecule has 1 nitrogen and oxygen atoms in total. The standard InChI is InChI=1S/C11H15BrO/c1-9-8-10(4-3-7-12)5-6-11(9)13-2/h5-6,8H,3-4,7H2,1-2H3. The molecule has 1 aromatic carbocycles. The molecule has 0 bridgehead atoms. The average Bonchev–Trinajstić information content (AvgIpc) is 2.15. The van der Waals surface area contributed by atoms with Gasteiger partial charge < -0.3 is 4.74 Å². The van der Waals surface area contributed by atoms with Crippen molar-refractivity contribution in [2.75, 3.05) is 12.4 Å². The van der Waals surface area contributed by atoms with Crippen LogP contribution in [0.3, 0.4) is 0 Å². The summed E-state index contributed by atoms with van der Waals surface area (Å²) in [4.78, 5) is 0. The molecule has 0 radical (unpaired) electrons. The average molecular weight is 243 g/mol. The Morgan fingerprint density at radius 3 is 2.69 bits per heavy atom. The maximum atomic E-state index is 5.20. The van der Waals surface area contributed by atoms with Crippen molar-refractivity contribution in [2.45, 2.75) is 19.8 Å². The molecule has 0 aliphatic carbocycles. The zero-order chi connectivity index (χ0) is 9.68. The quantitative estimate of drug-likeness (QED) is 0.737. The molecule has 0 aliphatic heterocycles. The largest absolute Gasteiger partial charge is 0.496 e. The Hall–Kier alpha value is -0.500. The lowest BCUT2D eigenvalue weighted by molar-refractivity contribution is 0.411. The molecule has 0 saturated heterocycles. The van der Waals surface area contributed by atoms with Gasteiger partial charge in [-0.3, -0.25) is 0 Å². The molecule has 13 heavy (non-hydrogen) atoms. The number of rotatable bonds is 4. The van der Waals surface area contributed by atoms with Gasteiger partial charge in [0, 0.05) is 5.33 Å². The van der Waals surface area contributed by atoms with E-state index in [0.717, 1.165) is 17.5 Å². The molecule has 0 aromatic heterocycles. The Labute approximate surface area is 88.2 Å². The minimum Gasteiger partial charge on any atom is -0.496 e. The van der Waals surface area contributed by atoms with Crippen LogP contribution < -0.4 is 4.74 Å². The Bertz CT molecular complexity index is 271. The van der Waals surface area contributed by atoms with Gasteiger partial charge in [0.05, 0.1) is 7.11 Å². The van der Waals surface area contributed by atoms with Gasteiger partial charge in [-0.15, -0.1) is 0 Å². The van der Waals surface area contributed by atoms with E-state index in [4.69, 9.17) is 4.74 Å². The summed E-state index contributed by atoms with van der Waals surface area (Å²) >= 11 is 3.43. The van der Waals surface area contributed by atoms with Gasteiger partial charge in [0.2, 0.25) is 0 Å². The first-order chi connectivity index (χ1) is 6.27. The van der Waals surface area contributed by atoms with Crippen LogP contribution in [-0.4, -0.2) is 12.4 Å². The van der Waals surface area contributed by atoms with Crippen molar-refractivity contribution < 1.29 is 4.74 Å². The summed E-state index contributed by atoms with van der Waals surface area (Å²) in [5, 5.41) is 1.07. The number of methoxy groups -OCH3 is 1. The van der Waals surface area contributed by atoms with Crippen molar-refractivity contribution in [1.82, 2.24) is 0 Å². The van der Waals surface area contributed by atoms with E-state index in [1.54, 1.807) is 7.11 Å². The van der Waals surface area contributed by atoms with Crippen molar-refractivity contribution in [3.8, 4) is 5.75 Å². The molecule has 0 amide bonds. The first-order valence-electron chi connectivity index (χ1n) is 4.47. The highest BCUT2D eigenvalue weighted by Crippen LogP contribution is 2.19. The highest BCUT2D eigenvalue weighted by Gasteiger charge is 1.98. The second-order valence-electron chi connectivity index (χ2n) is 3.10. The first kappa shape index (κ1) is 10.6. The molecular formula is C11H15BrO. The lowest BCUT2D eigenvalue weighted by Gasteiger charge is -2.06. The van der Waals surface area contributed by atoms with Crippen molar-refractivity contribution >= 4 is 15.9 Å². The van der Waals surface area contributed by atoms with Gasteiger partial charge in [-0.2, -0.15) is 0 Å². The number of hydrogen-bond acceptors (Lipinski definition) is 1. The van der Waals surface area contributed by atoms with Gasteiger partial charge in [-0.05, 0) is 37.0 Å². The van der Waals surface area contributed by atoms with Gasteiger partial charge in [-0.25, -0.2) is 0 Å². The third-order valence-corrected chi connectivity index (χ3v) is 2.62. The summed E-state index contributed by atoms with van der Waals surface area (Å²) in [6.07, 6.45) is 2.32. The predicted molar refractivity (Wildman–Crippen MR) is 59.8 cm³/mol. The minimum absolute atomic E-state index is 0.975. The Morgan fingerprint density at radius 2 is 2.15 bits per heavy atom. The number of benzene rings is 1. The van der Waals surface area contributed by atoms with Crippen LogP contribution in [0.15, 0.2) is 18.2 Å². The van der Waals surface area contributed by atoms with E-state index in [0.29, 0.717) is 0 Å². The first-order valence-corrected chi connectivity index (χ1v) is 5.59. The zero-order valence-corrected chi connectivity index (χ0v) is 9.73. The highest BCUT2D eigenvalue weighted by molar-refractivity contribution is 9.09. The topological polar surface area (TPSA) is 9.23 Å². The minimum atomic E-state index is 0.975. The number of halogens is 1. The monoisotopic (exact) mass is 242 g/mol. The summed E-state index contributed by atoms with van der Waals surface area (Å²) in [6, 6.07) is 6.37. The summed E-state index contributed by atoms with van der Waals surface area (Å²) in [5.74, 6) is 0.975. The summed E-state index contributed by atoms with van der Waals surface area (Å²) in [6.45, 7) is 2.08. The molecule has 0 N–H and O–H groups in total. The number of aryl methyl sites for hydroxylation is 2. The molecule has 0 aliphatic rings. The Balaban J connectivity index is 2.71. The number of ether oxygens (including phenoxy) is 1. The normalized spacial score (nSPS) is 10.1. The van der Waals surface area contributed by atoms with Crippen LogP contribution in [0.2, 0.25) is 0 Å². The molecule has 0 spiro atoms. The molecular weight excluding hydrogens is 228 g/mol. The van der Waals surface area contributed by atoms with Crippen LogP contribution in [0.25, 0.3) is 0 Å². The third-order valence-electron chi connectivity index (χ3n) is 2.06. The van der Waals surface area contributed by atoms with Crippen LogP contribution >= 0.6 is 15.9 Å². The maximum absolute atomic E-state index is 5.20. The zero-order valence-electron chi connectivity index (χ0n) is 8.14. The van der Waals surface area contributed by atoms with E-state index >= 15 is 0 Å². The highest BCUT2D eigenvalue weighted by atomic mass is 79.9. The maximum Gasteiger partial charge on any atom is 0.121 e.